The molecule has 124 valence electrons. The lowest BCUT2D eigenvalue weighted by molar-refractivity contribution is -0.118. The molecule has 1 saturated heterocycles. The van der Waals surface area contributed by atoms with E-state index in [1.807, 2.05) is 48.7 Å². The molecular formula is C17H17N3O2S2. The third-order valence-electron chi connectivity index (χ3n) is 3.31. The second-order valence-corrected chi connectivity index (χ2v) is 7.21. The number of nitrogens with zero attached hydrogens (tertiary/aromatic N) is 2. The minimum absolute atomic E-state index is 0.0287. The minimum Gasteiger partial charge on any atom is -0.494 e. The number of hydrogen-bond donors (Lipinski definition) is 1. The van der Waals surface area contributed by atoms with Gasteiger partial charge in [0.25, 0.3) is 0 Å². The maximum Gasteiger partial charge on any atom is 0.239 e. The van der Waals surface area contributed by atoms with Crippen LogP contribution in [0.2, 0.25) is 0 Å². The topological polar surface area (TPSA) is 63.1 Å². The lowest BCUT2D eigenvalue weighted by atomic mass is 10.1. The number of hydrogen-bond acceptors (Lipinski definition) is 6. The molecule has 1 aliphatic rings. The number of amidine groups is 1. The molecule has 1 N–H and O–H groups in total. The molecule has 3 rings (SSSR count). The predicted octanol–water partition coefficient (Wildman–Crippen LogP) is 3.31. The standard InChI is InChI=1S/C17H17N3O2S2/c1-2-22-13-7-5-12(6-8-13)10-15-16(21)19-17(24-15)20-18-11-14-4-3-9-23-14/h3-9,11,15H,2,10H2,1H3,(H,19,20,21). The van der Waals surface area contributed by atoms with Crippen molar-refractivity contribution in [3.63, 3.8) is 0 Å². The average molecular weight is 359 g/mol. The van der Waals surface area contributed by atoms with E-state index in [1.165, 1.54) is 11.8 Å². The molecule has 0 radical (unpaired) electrons. The highest BCUT2D eigenvalue weighted by molar-refractivity contribution is 8.15. The number of carbonyl (C=O) groups excluding carboxylic acids is 1. The first kappa shape index (κ1) is 16.7. The van der Waals surface area contributed by atoms with Crippen molar-refractivity contribution in [2.24, 2.45) is 10.2 Å². The second kappa shape index (κ2) is 8.12. The van der Waals surface area contributed by atoms with Gasteiger partial charge in [-0.1, -0.05) is 30.0 Å². The van der Waals surface area contributed by atoms with Gasteiger partial charge < -0.3 is 10.1 Å². The molecule has 2 heterocycles. The van der Waals surface area contributed by atoms with Crippen molar-refractivity contribution in [1.82, 2.24) is 5.32 Å². The summed E-state index contributed by atoms with van der Waals surface area (Å²) in [5.74, 6) is 0.814. The van der Waals surface area contributed by atoms with Gasteiger partial charge in [-0.25, -0.2) is 0 Å². The van der Waals surface area contributed by atoms with Crippen LogP contribution in [0.3, 0.4) is 0 Å². The van der Waals surface area contributed by atoms with Crippen molar-refractivity contribution < 1.29 is 9.53 Å². The van der Waals surface area contributed by atoms with Gasteiger partial charge in [-0.05, 0) is 42.5 Å². The van der Waals surface area contributed by atoms with E-state index in [0.717, 1.165) is 16.2 Å². The summed E-state index contributed by atoms with van der Waals surface area (Å²) in [5, 5.41) is 13.2. The summed E-state index contributed by atoms with van der Waals surface area (Å²) in [7, 11) is 0. The number of rotatable bonds is 6. The Labute approximate surface area is 148 Å². The fourth-order valence-electron chi connectivity index (χ4n) is 2.19. The third kappa shape index (κ3) is 4.46. The van der Waals surface area contributed by atoms with Gasteiger partial charge in [0.2, 0.25) is 5.91 Å². The smallest absolute Gasteiger partial charge is 0.239 e. The fraction of sp³-hybridized carbons (Fsp3) is 0.235. The molecular weight excluding hydrogens is 342 g/mol. The van der Waals surface area contributed by atoms with Crippen molar-refractivity contribution in [2.75, 3.05) is 6.61 Å². The molecule has 1 aromatic heterocycles. The van der Waals surface area contributed by atoms with Crippen LogP contribution in [0.4, 0.5) is 0 Å². The van der Waals surface area contributed by atoms with E-state index in [-0.39, 0.29) is 11.2 Å². The first-order valence-corrected chi connectivity index (χ1v) is 9.34. The molecule has 1 amide bonds. The van der Waals surface area contributed by atoms with Gasteiger partial charge in [0.05, 0.1) is 18.1 Å². The zero-order valence-electron chi connectivity index (χ0n) is 13.1. The van der Waals surface area contributed by atoms with Crippen LogP contribution in [0.1, 0.15) is 17.4 Å². The van der Waals surface area contributed by atoms with E-state index in [1.54, 1.807) is 17.6 Å². The van der Waals surface area contributed by atoms with E-state index in [0.29, 0.717) is 18.2 Å². The van der Waals surface area contributed by atoms with Crippen molar-refractivity contribution in [3.05, 3.63) is 52.2 Å². The van der Waals surface area contributed by atoms with E-state index in [2.05, 4.69) is 15.5 Å². The summed E-state index contributed by atoms with van der Waals surface area (Å²) in [5.41, 5.74) is 1.09. The number of nitrogens with one attached hydrogen (secondary N) is 1. The molecule has 1 atom stereocenters. The molecule has 2 aromatic rings. The Morgan fingerprint density at radius 2 is 2.12 bits per heavy atom. The summed E-state index contributed by atoms with van der Waals surface area (Å²) < 4.78 is 5.43. The molecule has 0 spiro atoms. The third-order valence-corrected chi connectivity index (χ3v) is 5.19. The van der Waals surface area contributed by atoms with Crippen LogP contribution in [-0.4, -0.2) is 29.1 Å². The highest BCUT2D eigenvalue weighted by Crippen LogP contribution is 2.24. The minimum atomic E-state index is -0.182. The molecule has 24 heavy (non-hydrogen) atoms. The van der Waals surface area contributed by atoms with Gasteiger partial charge in [0, 0.05) is 4.88 Å². The number of carbonyl (C=O) groups is 1. The van der Waals surface area contributed by atoms with Crippen molar-refractivity contribution in [2.45, 2.75) is 18.6 Å². The van der Waals surface area contributed by atoms with Crippen LogP contribution in [-0.2, 0) is 11.2 Å². The van der Waals surface area contributed by atoms with Gasteiger partial charge >= 0.3 is 0 Å². The number of thioether (sulfide) groups is 1. The summed E-state index contributed by atoms with van der Waals surface area (Å²) in [4.78, 5) is 13.1. The Morgan fingerprint density at radius 3 is 2.83 bits per heavy atom. The van der Waals surface area contributed by atoms with Crippen LogP contribution in [0.5, 0.6) is 5.75 Å². The van der Waals surface area contributed by atoms with Crippen molar-refractivity contribution in [1.29, 1.82) is 0 Å². The Morgan fingerprint density at radius 1 is 1.29 bits per heavy atom. The van der Waals surface area contributed by atoms with E-state index in [4.69, 9.17) is 4.74 Å². The van der Waals surface area contributed by atoms with Gasteiger partial charge in [-0.3, -0.25) is 4.79 Å². The summed E-state index contributed by atoms with van der Waals surface area (Å²) >= 11 is 3.00. The highest BCUT2D eigenvalue weighted by Gasteiger charge is 2.30. The fourth-order valence-corrected chi connectivity index (χ4v) is 3.74. The quantitative estimate of drug-likeness (QED) is 0.636. The van der Waals surface area contributed by atoms with Gasteiger partial charge in [0.15, 0.2) is 5.17 Å². The molecule has 0 saturated carbocycles. The van der Waals surface area contributed by atoms with Crippen LogP contribution in [0.25, 0.3) is 0 Å². The van der Waals surface area contributed by atoms with Crippen LogP contribution >= 0.6 is 23.1 Å². The monoisotopic (exact) mass is 359 g/mol. The molecule has 1 unspecified atom stereocenters. The maximum atomic E-state index is 12.1. The van der Waals surface area contributed by atoms with Crippen molar-refractivity contribution in [3.8, 4) is 5.75 Å². The summed E-state index contributed by atoms with van der Waals surface area (Å²) in [6.07, 6.45) is 2.33. The Kier molecular flexibility index (Phi) is 5.66. The second-order valence-electron chi connectivity index (χ2n) is 5.04. The average Bonchev–Trinajstić information content (AvgIpc) is 3.20. The first-order valence-electron chi connectivity index (χ1n) is 7.58. The Balaban J connectivity index is 1.58. The maximum absolute atomic E-state index is 12.1. The predicted molar refractivity (Wildman–Crippen MR) is 100 cm³/mol. The lowest BCUT2D eigenvalue weighted by Crippen LogP contribution is -2.25. The van der Waals surface area contributed by atoms with Crippen molar-refractivity contribution >= 4 is 40.4 Å². The molecule has 1 aliphatic heterocycles. The lowest BCUT2D eigenvalue weighted by Gasteiger charge is -2.07. The van der Waals surface area contributed by atoms with E-state index >= 15 is 0 Å². The number of thiophene rings is 1. The normalized spacial score (nSPS) is 19.1. The number of amides is 1. The molecule has 7 heteroatoms. The highest BCUT2D eigenvalue weighted by atomic mass is 32.2. The molecule has 0 bridgehead atoms. The first-order chi connectivity index (χ1) is 11.7. The molecule has 0 aliphatic carbocycles. The number of benzene rings is 1. The molecule has 1 aromatic carbocycles. The van der Waals surface area contributed by atoms with E-state index in [9.17, 15) is 4.79 Å². The largest absolute Gasteiger partial charge is 0.494 e. The van der Waals surface area contributed by atoms with Gasteiger partial charge in [0.1, 0.15) is 5.75 Å². The van der Waals surface area contributed by atoms with Crippen LogP contribution in [0, 0.1) is 0 Å². The van der Waals surface area contributed by atoms with Gasteiger partial charge in [-0.2, -0.15) is 5.10 Å². The summed E-state index contributed by atoms with van der Waals surface area (Å²) in [6, 6.07) is 11.8. The van der Waals surface area contributed by atoms with Crippen LogP contribution < -0.4 is 10.1 Å². The molecule has 1 fully saturated rings. The Hall–Kier alpha value is -2.12. The zero-order valence-corrected chi connectivity index (χ0v) is 14.8. The summed E-state index contributed by atoms with van der Waals surface area (Å²) in [6.45, 7) is 2.60. The SMILES string of the molecule is CCOc1ccc(CC2SC(=NN=Cc3cccs3)NC2=O)cc1. The van der Waals surface area contributed by atoms with Gasteiger partial charge in [-0.15, -0.1) is 16.4 Å². The molecule has 5 nitrogen and oxygen atoms in total. The van der Waals surface area contributed by atoms with Crippen LogP contribution in [0.15, 0.2) is 52.0 Å². The van der Waals surface area contributed by atoms with E-state index < -0.39 is 0 Å². The zero-order chi connectivity index (χ0) is 16.8. The number of ether oxygens (including phenoxy) is 1. The Bertz CT molecular complexity index is 740.